The van der Waals surface area contributed by atoms with Crippen molar-refractivity contribution in [3.05, 3.63) is 59.4 Å². The highest BCUT2D eigenvalue weighted by Crippen LogP contribution is 2.21. The number of rotatable bonds is 6. The number of aryl methyl sites for hydroxylation is 1. The Bertz CT molecular complexity index is 1070. The smallest absolute Gasteiger partial charge is 0.260 e. The normalized spacial score (nSPS) is 15.1. The van der Waals surface area contributed by atoms with Gasteiger partial charge in [-0.05, 0) is 42.8 Å². The molecule has 0 unspecified atom stereocenters. The van der Waals surface area contributed by atoms with Crippen molar-refractivity contribution in [1.82, 2.24) is 9.21 Å². The summed E-state index contributed by atoms with van der Waals surface area (Å²) in [6, 6.07) is 9.69. The molecular formula is C20H22FN3O5S. The van der Waals surface area contributed by atoms with Gasteiger partial charge in [-0.3, -0.25) is 9.59 Å². The number of hydrogen-bond donors (Lipinski definition) is 1. The number of primary amides is 1. The molecule has 160 valence electrons. The lowest BCUT2D eigenvalue weighted by atomic mass is 10.1. The highest BCUT2D eigenvalue weighted by molar-refractivity contribution is 7.89. The van der Waals surface area contributed by atoms with E-state index in [1.54, 1.807) is 12.1 Å². The van der Waals surface area contributed by atoms with Gasteiger partial charge in [-0.15, -0.1) is 0 Å². The SMILES string of the molecule is Cc1ccc(C(N)=O)c(OCC(=O)N2CCN(S(=O)(=O)c3cccc(F)c3)CC2)c1. The van der Waals surface area contributed by atoms with E-state index in [-0.39, 0.29) is 54.9 Å². The molecule has 0 aromatic heterocycles. The molecule has 2 N–H and O–H groups in total. The molecule has 2 aromatic carbocycles. The third kappa shape index (κ3) is 4.77. The zero-order valence-corrected chi connectivity index (χ0v) is 17.2. The van der Waals surface area contributed by atoms with E-state index in [0.29, 0.717) is 0 Å². The van der Waals surface area contributed by atoms with Crippen molar-refractivity contribution in [3.8, 4) is 5.75 Å². The molecule has 1 fully saturated rings. The van der Waals surface area contributed by atoms with Crippen LogP contribution in [0.15, 0.2) is 47.4 Å². The molecule has 3 rings (SSSR count). The molecule has 30 heavy (non-hydrogen) atoms. The fourth-order valence-electron chi connectivity index (χ4n) is 3.14. The number of halogens is 1. The fourth-order valence-corrected chi connectivity index (χ4v) is 4.59. The molecule has 10 heteroatoms. The second-order valence-corrected chi connectivity index (χ2v) is 8.83. The highest BCUT2D eigenvalue weighted by Gasteiger charge is 2.30. The number of benzene rings is 2. The average Bonchev–Trinajstić information content (AvgIpc) is 2.72. The number of piperazine rings is 1. The van der Waals surface area contributed by atoms with Crippen LogP contribution in [0.2, 0.25) is 0 Å². The Balaban J connectivity index is 1.60. The Morgan fingerprint density at radius 3 is 2.43 bits per heavy atom. The van der Waals surface area contributed by atoms with Crippen LogP contribution in [-0.4, -0.2) is 62.2 Å². The van der Waals surface area contributed by atoms with Gasteiger partial charge in [-0.25, -0.2) is 12.8 Å². The number of carbonyl (C=O) groups excluding carboxylic acids is 2. The topological polar surface area (TPSA) is 110 Å². The van der Waals surface area contributed by atoms with Gasteiger partial charge in [-0.2, -0.15) is 4.31 Å². The van der Waals surface area contributed by atoms with Crippen molar-refractivity contribution in [2.75, 3.05) is 32.8 Å². The zero-order valence-electron chi connectivity index (χ0n) is 16.4. The molecule has 1 aliphatic rings. The second-order valence-electron chi connectivity index (χ2n) is 6.89. The maximum absolute atomic E-state index is 13.4. The summed E-state index contributed by atoms with van der Waals surface area (Å²) >= 11 is 0. The first kappa shape index (κ1) is 21.7. The Hall–Kier alpha value is -2.98. The van der Waals surface area contributed by atoms with Crippen LogP contribution in [0, 0.1) is 12.7 Å². The van der Waals surface area contributed by atoms with Gasteiger partial charge in [0.05, 0.1) is 10.5 Å². The van der Waals surface area contributed by atoms with Crippen LogP contribution in [0.4, 0.5) is 4.39 Å². The lowest BCUT2D eigenvalue weighted by Gasteiger charge is -2.34. The van der Waals surface area contributed by atoms with Crippen LogP contribution in [0.5, 0.6) is 5.75 Å². The summed E-state index contributed by atoms with van der Waals surface area (Å²) in [5.41, 5.74) is 6.35. The minimum absolute atomic E-state index is 0.0849. The molecule has 0 spiro atoms. The molecule has 1 saturated heterocycles. The van der Waals surface area contributed by atoms with Crippen LogP contribution in [-0.2, 0) is 14.8 Å². The Labute approximate surface area is 174 Å². The molecular weight excluding hydrogens is 413 g/mol. The molecule has 0 saturated carbocycles. The Morgan fingerprint density at radius 2 is 1.80 bits per heavy atom. The van der Waals surface area contributed by atoms with Gasteiger partial charge < -0.3 is 15.4 Å². The van der Waals surface area contributed by atoms with Crippen LogP contribution in [0.1, 0.15) is 15.9 Å². The maximum atomic E-state index is 13.4. The van der Waals surface area contributed by atoms with Crippen molar-refractivity contribution in [2.24, 2.45) is 5.73 Å². The minimum Gasteiger partial charge on any atom is -0.483 e. The van der Waals surface area contributed by atoms with E-state index in [0.717, 1.165) is 11.6 Å². The van der Waals surface area contributed by atoms with Gasteiger partial charge in [0.1, 0.15) is 11.6 Å². The third-order valence-corrected chi connectivity index (χ3v) is 6.67. The summed E-state index contributed by atoms with van der Waals surface area (Å²) in [6.07, 6.45) is 0. The van der Waals surface area contributed by atoms with Crippen molar-refractivity contribution >= 4 is 21.8 Å². The van der Waals surface area contributed by atoms with Gasteiger partial charge in [0.2, 0.25) is 10.0 Å². The van der Waals surface area contributed by atoms with Gasteiger partial charge in [0, 0.05) is 26.2 Å². The van der Waals surface area contributed by atoms with Crippen molar-refractivity contribution in [1.29, 1.82) is 0 Å². The standard InChI is InChI=1S/C20H22FN3O5S/c1-14-5-6-17(20(22)26)18(11-14)29-13-19(25)23-7-9-24(10-8-23)30(27,28)16-4-2-3-15(21)12-16/h2-6,11-12H,7-10,13H2,1H3,(H2,22,26). The summed E-state index contributed by atoms with van der Waals surface area (Å²) in [6.45, 7) is 2.03. The summed E-state index contributed by atoms with van der Waals surface area (Å²) in [5.74, 6) is -1.40. The van der Waals surface area contributed by atoms with Gasteiger partial charge in [-0.1, -0.05) is 12.1 Å². The number of carbonyl (C=O) groups is 2. The van der Waals surface area contributed by atoms with E-state index in [4.69, 9.17) is 10.5 Å². The summed E-state index contributed by atoms with van der Waals surface area (Å²) < 4.78 is 45.4. The first-order valence-corrected chi connectivity index (χ1v) is 10.7. The van der Waals surface area contributed by atoms with Crippen molar-refractivity contribution in [3.63, 3.8) is 0 Å². The van der Waals surface area contributed by atoms with Gasteiger partial charge >= 0.3 is 0 Å². The minimum atomic E-state index is -3.84. The molecule has 2 aromatic rings. The largest absolute Gasteiger partial charge is 0.483 e. The van der Waals surface area contributed by atoms with Crippen LogP contribution < -0.4 is 10.5 Å². The second kappa shape index (κ2) is 8.80. The summed E-state index contributed by atoms with van der Waals surface area (Å²) in [5, 5.41) is 0. The fraction of sp³-hybridized carbons (Fsp3) is 0.300. The average molecular weight is 435 g/mol. The van der Waals surface area contributed by atoms with E-state index < -0.39 is 21.7 Å². The Morgan fingerprint density at radius 1 is 1.10 bits per heavy atom. The van der Waals surface area contributed by atoms with Crippen molar-refractivity contribution in [2.45, 2.75) is 11.8 Å². The van der Waals surface area contributed by atoms with Crippen LogP contribution >= 0.6 is 0 Å². The van der Waals surface area contributed by atoms with E-state index >= 15 is 0 Å². The number of hydrogen-bond acceptors (Lipinski definition) is 5. The molecule has 2 amide bonds. The molecule has 0 aliphatic carbocycles. The zero-order chi connectivity index (χ0) is 21.9. The number of nitrogens with two attached hydrogens (primary N) is 1. The maximum Gasteiger partial charge on any atom is 0.260 e. The summed E-state index contributed by atoms with van der Waals surface area (Å²) in [7, 11) is -3.84. The predicted molar refractivity (Wildman–Crippen MR) is 107 cm³/mol. The monoisotopic (exact) mass is 435 g/mol. The third-order valence-electron chi connectivity index (χ3n) is 4.78. The first-order chi connectivity index (χ1) is 14.2. The molecule has 1 aliphatic heterocycles. The van der Waals surface area contributed by atoms with Crippen LogP contribution in [0.3, 0.4) is 0 Å². The van der Waals surface area contributed by atoms with Crippen LogP contribution in [0.25, 0.3) is 0 Å². The van der Waals surface area contributed by atoms with Gasteiger partial charge in [0.15, 0.2) is 6.61 Å². The number of sulfonamides is 1. The van der Waals surface area contributed by atoms with E-state index in [2.05, 4.69) is 0 Å². The highest BCUT2D eigenvalue weighted by atomic mass is 32.2. The Kier molecular flexibility index (Phi) is 6.37. The van der Waals surface area contributed by atoms with Gasteiger partial charge in [0.25, 0.3) is 11.8 Å². The quantitative estimate of drug-likeness (QED) is 0.732. The van der Waals surface area contributed by atoms with E-state index in [9.17, 15) is 22.4 Å². The number of ether oxygens (including phenoxy) is 1. The predicted octanol–water partition coefficient (Wildman–Crippen LogP) is 1.14. The van der Waals surface area contributed by atoms with Crippen molar-refractivity contribution < 1.29 is 27.1 Å². The number of amides is 2. The molecule has 0 bridgehead atoms. The first-order valence-electron chi connectivity index (χ1n) is 9.25. The molecule has 8 nitrogen and oxygen atoms in total. The lowest BCUT2D eigenvalue weighted by molar-refractivity contribution is -0.134. The van der Waals surface area contributed by atoms with E-state index in [1.165, 1.54) is 33.5 Å². The molecule has 1 heterocycles. The molecule has 0 radical (unpaired) electrons. The lowest BCUT2D eigenvalue weighted by Crippen LogP contribution is -2.51. The van der Waals surface area contributed by atoms with E-state index in [1.807, 2.05) is 6.92 Å². The molecule has 0 atom stereocenters. The summed E-state index contributed by atoms with van der Waals surface area (Å²) in [4.78, 5) is 25.3. The number of nitrogens with zero attached hydrogens (tertiary/aromatic N) is 2.